The van der Waals surface area contributed by atoms with Crippen molar-refractivity contribution in [3.63, 3.8) is 0 Å². The minimum Gasteiger partial charge on any atom is -0.388 e. The minimum atomic E-state index is -0.354. The van der Waals surface area contributed by atoms with E-state index in [-0.39, 0.29) is 30.4 Å². The topological polar surface area (TPSA) is 44.3 Å². The van der Waals surface area contributed by atoms with Crippen molar-refractivity contribution in [2.45, 2.75) is 24.5 Å². The molecular formula is C7H16Cl2N2O. The van der Waals surface area contributed by atoms with Crippen LogP contribution >= 0.6 is 24.8 Å². The molecule has 0 bridgehead atoms. The SMILES string of the molecule is Cl.Cl.OC1(C2CNCCN2)CC1. The fourth-order valence-electron chi connectivity index (χ4n) is 1.51. The van der Waals surface area contributed by atoms with Crippen molar-refractivity contribution in [1.29, 1.82) is 0 Å². The van der Waals surface area contributed by atoms with Crippen LogP contribution in [-0.4, -0.2) is 36.4 Å². The lowest BCUT2D eigenvalue weighted by Gasteiger charge is -2.28. The van der Waals surface area contributed by atoms with Gasteiger partial charge in [-0.05, 0) is 12.8 Å². The molecule has 0 radical (unpaired) electrons. The van der Waals surface area contributed by atoms with Crippen LogP contribution in [0, 0.1) is 0 Å². The van der Waals surface area contributed by atoms with E-state index in [4.69, 9.17) is 0 Å². The molecule has 0 aromatic carbocycles. The van der Waals surface area contributed by atoms with E-state index in [1.54, 1.807) is 0 Å². The van der Waals surface area contributed by atoms with E-state index >= 15 is 0 Å². The Bertz CT molecular complexity index is 135. The largest absolute Gasteiger partial charge is 0.388 e. The Balaban J connectivity index is 0.000000605. The molecule has 1 aliphatic heterocycles. The highest BCUT2D eigenvalue weighted by Crippen LogP contribution is 2.38. The van der Waals surface area contributed by atoms with Crippen molar-refractivity contribution in [1.82, 2.24) is 10.6 Å². The van der Waals surface area contributed by atoms with Crippen LogP contribution in [0.3, 0.4) is 0 Å². The highest BCUT2D eigenvalue weighted by Gasteiger charge is 2.47. The number of hydrogen-bond donors (Lipinski definition) is 3. The average Bonchev–Trinajstić information content (AvgIpc) is 2.72. The number of nitrogens with one attached hydrogen (secondary N) is 2. The maximum absolute atomic E-state index is 9.65. The maximum Gasteiger partial charge on any atom is 0.0814 e. The zero-order valence-electron chi connectivity index (χ0n) is 6.88. The van der Waals surface area contributed by atoms with E-state index in [9.17, 15) is 5.11 Å². The maximum atomic E-state index is 9.65. The smallest absolute Gasteiger partial charge is 0.0814 e. The summed E-state index contributed by atoms with van der Waals surface area (Å²) in [5.74, 6) is 0. The summed E-state index contributed by atoms with van der Waals surface area (Å²) in [5, 5.41) is 16.2. The number of aliphatic hydroxyl groups is 1. The molecule has 12 heavy (non-hydrogen) atoms. The van der Waals surface area contributed by atoms with E-state index in [0.29, 0.717) is 6.04 Å². The Morgan fingerprint density at radius 3 is 2.25 bits per heavy atom. The van der Waals surface area contributed by atoms with Crippen LogP contribution < -0.4 is 10.6 Å². The third-order valence-electron chi connectivity index (χ3n) is 2.45. The predicted molar refractivity (Wildman–Crippen MR) is 53.3 cm³/mol. The Morgan fingerprint density at radius 1 is 1.17 bits per heavy atom. The molecular weight excluding hydrogens is 199 g/mol. The van der Waals surface area contributed by atoms with Gasteiger partial charge in [0.05, 0.1) is 5.60 Å². The van der Waals surface area contributed by atoms with Crippen molar-refractivity contribution in [3.05, 3.63) is 0 Å². The first-order valence-corrected chi connectivity index (χ1v) is 3.98. The Kier molecular flexibility index (Phi) is 4.81. The van der Waals surface area contributed by atoms with Crippen molar-refractivity contribution >= 4 is 24.8 Å². The van der Waals surface area contributed by atoms with E-state index < -0.39 is 0 Å². The van der Waals surface area contributed by atoms with Crippen LogP contribution in [0.2, 0.25) is 0 Å². The predicted octanol–water partition coefficient (Wildman–Crippen LogP) is -0.0837. The molecule has 3 nitrogen and oxygen atoms in total. The lowest BCUT2D eigenvalue weighted by molar-refractivity contribution is 0.0949. The molecule has 1 aliphatic carbocycles. The number of hydrogen-bond acceptors (Lipinski definition) is 3. The first-order chi connectivity index (χ1) is 4.81. The van der Waals surface area contributed by atoms with Gasteiger partial charge in [-0.2, -0.15) is 0 Å². The van der Waals surface area contributed by atoms with Gasteiger partial charge < -0.3 is 15.7 Å². The molecule has 1 saturated carbocycles. The van der Waals surface area contributed by atoms with Gasteiger partial charge in [0, 0.05) is 25.7 Å². The lowest BCUT2D eigenvalue weighted by Crippen LogP contribution is -2.55. The van der Waals surface area contributed by atoms with E-state index in [0.717, 1.165) is 32.5 Å². The van der Waals surface area contributed by atoms with Crippen molar-refractivity contribution in [2.24, 2.45) is 0 Å². The second kappa shape index (κ2) is 4.63. The van der Waals surface area contributed by atoms with E-state index in [1.165, 1.54) is 0 Å². The summed E-state index contributed by atoms with van der Waals surface area (Å²) in [5.41, 5.74) is -0.354. The van der Waals surface area contributed by atoms with Crippen LogP contribution in [0.1, 0.15) is 12.8 Å². The summed E-state index contributed by atoms with van der Waals surface area (Å²) >= 11 is 0. The van der Waals surface area contributed by atoms with Gasteiger partial charge in [-0.1, -0.05) is 0 Å². The third-order valence-corrected chi connectivity index (χ3v) is 2.45. The van der Waals surface area contributed by atoms with Crippen LogP contribution in [-0.2, 0) is 0 Å². The first kappa shape index (κ1) is 12.5. The zero-order chi connectivity index (χ0) is 7.03. The average molecular weight is 215 g/mol. The van der Waals surface area contributed by atoms with E-state index in [1.807, 2.05) is 0 Å². The Morgan fingerprint density at radius 2 is 1.83 bits per heavy atom. The normalized spacial score (nSPS) is 31.2. The third kappa shape index (κ3) is 2.47. The summed E-state index contributed by atoms with van der Waals surface area (Å²) in [6.07, 6.45) is 1.96. The molecule has 2 rings (SSSR count). The molecule has 0 aromatic rings. The van der Waals surface area contributed by atoms with Gasteiger partial charge in [-0.3, -0.25) is 0 Å². The molecule has 3 N–H and O–H groups in total. The van der Waals surface area contributed by atoms with Crippen LogP contribution in [0.5, 0.6) is 0 Å². The molecule has 0 amide bonds. The summed E-state index contributed by atoms with van der Waals surface area (Å²) in [6, 6.07) is 0.307. The number of halogens is 2. The van der Waals surface area contributed by atoms with Crippen molar-refractivity contribution < 1.29 is 5.11 Å². The summed E-state index contributed by atoms with van der Waals surface area (Å²) in [6.45, 7) is 2.95. The summed E-state index contributed by atoms with van der Waals surface area (Å²) < 4.78 is 0. The van der Waals surface area contributed by atoms with Gasteiger partial charge in [-0.15, -0.1) is 24.8 Å². The Hall–Kier alpha value is 0.460. The summed E-state index contributed by atoms with van der Waals surface area (Å²) in [4.78, 5) is 0. The second-order valence-corrected chi connectivity index (χ2v) is 3.31. The van der Waals surface area contributed by atoms with E-state index in [2.05, 4.69) is 10.6 Å². The highest BCUT2D eigenvalue weighted by molar-refractivity contribution is 5.85. The standard InChI is InChI=1S/C7H14N2O.2ClH/c10-7(1-2-7)6-5-8-3-4-9-6;;/h6,8-10H,1-5H2;2*1H. The molecule has 1 heterocycles. The first-order valence-electron chi connectivity index (χ1n) is 3.98. The molecule has 2 fully saturated rings. The summed E-state index contributed by atoms with van der Waals surface area (Å²) in [7, 11) is 0. The fourth-order valence-corrected chi connectivity index (χ4v) is 1.51. The Labute approximate surface area is 85.1 Å². The van der Waals surface area contributed by atoms with Crippen molar-refractivity contribution in [3.8, 4) is 0 Å². The van der Waals surface area contributed by atoms with Crippen molar-refractivity contribution in [2.75, 3.05) is 19.6 Å². The van der Waals surface area contributed by atoms with Gasteiger partial charge in [0.1, 0.15) is 0 Å². The number of rotatable bonds is 1. The van der Waals surface area contributed by atoms with Crippen LogP contribution in [0.4, 0.5) is 0 Å². The second-order valence-electron chi connectivity index (χ2n) is 3.31. The molecule has 5 heteroatoms. The lowest BCUT2D eigenvalue weighted by atomic mass is 10.1. The molecule has 1 atom stereocenters. The molecule has 1 saturated heterocycles. The molecule has 0 aromatic heterocycles. The monoisotopic (exact) mass is 214 g/mol. The molecule has 1 unspecified atom stereocenters. The molecule has 74 valence electrons. The van der Waals surface area contributed by atoms with Gasteiger partial charge in [0.2, 0.25) is 0 Å². The highest BCUT2D eigenvalue weighted by atomic mass is 35.5. The van der Waals surface area contributed by atoms with Crippen LogP contribution in [0.25, 0.3) is 0 Å². The van der Waals surface area contributed by atoms with Gasteiger partial charge in [-0.25, -0.2) is 0 Å². The van der Waals surface area contributed by atoms with Gasteiger partial charge in [0.25, 0.3) is 0 Å². The quantitative estimate of drug-likeness (QED) is 0.573. The zero-order valence-corrected chi connectivity index (χ0v) is 8.51. The van der Waals surface area contributed by atoms with Gasteiger partial charge in [0.15, 0.2) is 0 Å². The fraction of sp³-hybridized carbons (Fsp3) is 1.00. The van der Waals surface area contributed by atoms with Crippen LogP contribution in [0.15, 0.2) is 0 Å². The molecule has 0 spiro atoms. The minimum absolute atomic E-state index is 0. The van der Waals surface area contributed by atoms with Gasteiger partial charge >= 0.3 is 0 Å². The number of piperazine rings is 1. The molecule has 2 aliphatic rings.